The van der Waals surface area contributed by atoms with Crippen molar-refractivity contribution in [2.45, 2.75) is 18.9 Å². The van der Waals surface area contributed by atoms with Crippen molar-refractivity contribution < 1.29 is 9.53 Å². The van der Waals surface area contributed by atoms with Crippen LogP contribution in [0.4, 0.5) is 0 Å². The Morgan fingerprint density at radius 3 is 2.32 bits per heavy atom. The fourth-order valence-electron chi connectivity index (χ4n) is 3.22. The Labute approximate surface area is 149 Å². The van der Waals surface area contributed by atoms with Crippen LogP contribution in [-0.2, 0) is 16.0 Å². The molecule has 2 aromatic rings. The van der Waals surface area contributed by atoms with Crippen molar-refractivity contribution in [2.75, 3.05) is 32.8 Å². The van der Waals surface area contributed by atoms with Crippen LogP contribution in [0.25, 0.3) is 0 Å². The second-order valence-electron chi connectivity index (χ2n) is 6.36. The molecule has 1 fully saturated rings. The van der Waals surface area contributed by atoms with Crippen LogP contribution in [-0.4, -0.2) is 43.7 Å². The van der Waals surface area contributed by atoms with E-state index in [1.165, 1.54) is 11.1 Å². The number of aryl methyl sites for hydroxylation is 1. The van der Waals surface area contributed by atoms with Crippen LogP contribution in [0.2, 0.25) is 0 Å². The average Bonchev–Trinajstić information content (AvgIpc) is 2.69. The van der Waals surface area contributed by atoms with E-state index in [2.05, 4.69) is 46.6 Å². The van der Waals surface area contributed by atoms with Crippen LogP contribution in [0, 0.1) is 0 Å². The quantitative estimate of drug-likeness (QED) is 0.844. The molecule has 1 N–H and O–H groups in total. The summed E-state index contributed by atoms with van der Waals surface area (Å²) in [6, 6.07) is 20.8. The standard InChI is InChI=1S/C21H26N2O2/c24-21(12-11-18-7-3-1-4-8-18)22-17-20(19-9-5-2-6-10-19)23-13-15-25-16-14-23/h1-10,20H,11-17H2,(H,22,24). The highest BCUT2D eigenvalue weighted by Gasteiger charge is 2.22. The topological polar surface area (TPSA) is 41.6 Å². The van der Waals surface area contributed by atoms with Gasteiger partial charge in [0.25, 0.3) is 0 Å². The lowest BCUT2D eigenvalue weighted by atomic mass is 10.0. The first-order valence-corrected chi connectivity index (χ1v) is 9.00. The lowest BCUT2D eigenvalue weighted by molar-refractivity contribution is -0.121. The van der Waals surface area contributed by atoms with E-state index in [-0.39, 0.29) is 11.9 Å². The van der Waals surface area contributed by atoms with E-state index in [1.807, 2.05) is 24.3 Å². The minimum atomic E-state index is 0.109. The van der Waals surface area contributed by atoms with Gasteiger partial charge in [-0.3, -0.25) is 9.69 Å². The average molecular weight is 338 g/mol. The summed E-state index contributed by atoms with van der Waals surface area (Å²) in [5, 5.41) is 3.13. The summed E-state index contributed by atoms with van der Waals surface area (Å²) in [6.07, 6.45) is 1.30. The summed E-state index contributed by atoms with van der Waals surface area (Å²) < 4.78 is 5.47. The van der Waals surface area contributed by atoms with Crippen LogP contribution in [0.3, 0.4) is 0 Å². The van der Waals surface area contributed by atoms with Crippen molar-refractivity contribution in [1.29, 1.82) is 0 Å². The first kappa shape index (κ1) is 17.6. The van der Waals surface area contributed by atoms with Crippen LogP contribution in [0.15, 0.2) is 60.7 Å². The van der Waals surface area contributed by atoms with Crippen LogP contribution in [0.1, 0.15) is 23.6 Å². The maximum atomic E-state index is 12.3. The van der Waals surface area contributed by atoms with E-state index in [0.29, 0.717) is 13.0 Å². The highest BCUT2D eigenvalue weighted by molar-refractivity contribution is 5.76. The van der Waals surface area contributed by atoms with E-state index >= 15 is 0 Å². The molecule has 1 aliphatic rings. The maximum Gasteiger partial charge on any atom is 0.220 e. The molecule has 0 bridgehead atoms. The van der Waals surface area contributed by atoms with Gasteiger partial charge in [-0.25, -0.2) is 0 Å². The molecule has 1 atom stereocenters. The van der Waals surface area contributed by atoms with E-state index in [1.54, 1.807) is 0 Å². The predicted molar refractivity (Wildman–Crippen MR) is 99.3 cm³/mol. The number of hydrogen-bond acceptors (Lipinski definition) is 3. The Kier molecular flexibility index (Phi) is 6.60. The zero-order valence-corrected chi connectivity index (χ0v) is 14.6. The van der Waals surface area contributed by atoms with Gasteiger partial charge >= 0.3 is 0 Å². The zero-order valence-electron chi connectivity index (χ0n) is 14.6. The van der Waals surface area contributed by atoms with Gasteiger partial charge in [-0.05, 0) is 17.5 Å². The molecule has 2 aromatic carbocycles. The highest BCUT2D eigenvalue weighted by atomic mass is 16.5. The largest absolute Gasteiger partial charge is 0.379 e. The second kappa shape index (κ2) is 9.35. The smallest absolute Gasteiger partial charge is 0.220 e. The molecule has 132 valence electrons. The Morgan fingerprint density at radius 2 is 1.64 bits per heavy atom. The summed E-state index contributed by atoms with van der Waals surface area (Å²) in [5.41, 5.74) is 2.44. The van der Waals surface area contributed by atoms with Gasteiger partial charge in [0.05, 0.1) is 19.3 Å². The van der Waals surface area contributed by atoms with E-state index in [9.17, 15) is 4.79 Å². The number of amides is 1. The first-order valence-electron chi connectivity index (χ1n) is 9.00. The van der Waals surface area contributed by atoms with E-state index < -0.39 is 0 Å². The molecule has 4 nitrogen and oxygen atoms in total. The van der Waals surface area contributed by atoms with Gasteiger partial charge in [-0.1, -0.05) is 60.7 Å². The lowest BCUT2D eigenvalue weighted by Crippen LogP contribution is -2.43. The predicted octanol–water partition coefficient (Wildman–Crippen LogP) is 2.81. The molecular formula is C21H26N2O2. The molecule has 0 aromatic heterocycles. The zero-order chi connectivity index (χ0) is 17.3. The van der Waals surface area contributed by atoms with Crippen molar-refractivity contribution in [3.05, 3.63) is 71.8 Å². The summed E-state index contributed by atoms with van der Waals surface area (Å²) in [7, 11) is 0. The van der Waals surface area contributed by atoms with Crippen molar-refractivity contribution in [3.63, 3.8) is 0 Å². The number of carbonyl (C=O) groups is 1. The van der Waals surface area contributed by atoms with Gasteiger partial charge in [0.15, 0.2) is 0 Å². The van der Waals surface area contributed by atoms with Crippen molar-refractivity contribution in [3.8, 4) is 0 Å². The number of rotatable bonds is 7. The van der Waals surface area contributed by atoms with Crippen molar-refractivity contribution >= 4 is 5.91 Å². The van der Waals surface area contributed by atoms with Gasteiger partial charge < -0.3 is 10.1 Å². The summed E-state index contributed by atoms with van der Waals surface area (Å²) >= 11 is 0. The summed E-state index contributed by atoms with van der Waals surface area (Å²) in [4.78, 5) is 14.7. The van der Waals surface area contributed by atoms with Crippen molar-refractivity contribution in [2.24, 2.45) is 0 Å². The molecule has 1 unspecified atom stereocenters. The van der Waals surface area contributed by atoms with Crippen LogP contribution < -0.4 is 5.32 Å². The fourth-order valence-corrected chi connectivity index (χ4v) is 3.22. The molecule has 3 rings (SSSR count). The van der Waals surface area contributed by atoms with Crippen LogP contribution >= 0.6 is 0 Å². The van der Waals surface area contributed by atoms with Gasteiger partial charge in [0.1, 0.15) is 0 Å². The molecular weight excluding hydrogens is 312 g/mol. The number of ether oxygens (including phenoxy) is 1. The molecule has 1 heterocycles. The summed E-state index contributed by atoms with van der Waals surface area (Å²) in [5.74, 6) is 0.109. The van der Waals surface area contributed by atoms with Gasteiger partial charge in [0, 0.05) is 26.1 Å². The minimum absolute atomic E-state index is 0.109. The number of hydrogen-bond donors (Lipinski definition) is 1. The Hall–Kier alpha value is -2.17. The van der Waals surface area contributed by atoms with Crippen molar-refractivity contribution in [1.82, 2.24) is 10.2 Å². The number of morpholine rings is 1. The molecule has 0 aliphatic carbocycles. The number of nitrogens with one attached hydrogen (secondary N) is 1. The molecule has 1 aliphatic heterocycles. The molecule has 0 radical (unpaired) electrons. The number of nitrogens with zero attached hydrogens (tertiary/aromatic N) is 1. The molecule has 25 heavy (non-hydrogen) atoms. The third-order valence-corrected chi connectivity index (χ3v) is 4.65. The minimum Gasteiger partial charge on any atom is -0.379 e. The van der Waals surface area contributed by atoms with E-state index in [0.717, 1.165) is 32.7 Å². The Morgan fingerprint density at radius 1 is 1.00 bits per heavy atom. The molecule has 0 spiro atoms. The SMILES string of the molecule is O=C(CCc1ccccc1)NCC(c1ccccc1)N1CCOCC1. The second-order valence-corrected chi connectivity index (χ2v) is 6.36. The Bertz CT molecular complexity index is 639. The van der Waals surface area contributed by atoms with E-state index in [4.69, 9.17) is 4.74 Å². The molecule has 4 heteroatoms. The monoisotopic (exact) mass is 338 g/mol. The third kappa shape index (κ3) is 5.41. The lowest BCUT2D eigenvalue weighted by Gasteiger charge is -2.35. The molecule has 1 saturated heterocycles. The number of carbonyl (C=O) groups excluding carboxylic acids is 1. The Balaban J connectivity index is 1.55. The normalized spacial score (nSPS) is 16.3. The van der Waals surface area contributed by atoms with Crippen LogP contribution in [0.5, 0.6) is 0 Å². The fraction of sp³-hybridized carbons (Fsp3) is 0.381. The number of benzene rings is 2. The molecule has 0 saturated carbocycles. The highest BCUT2D eigenvalue weighted by Crippen LogP contribution is 2.21. The summed E-state index contributed by atoms with van der Waals surface area (Å²) in [6.45, 7) is 3.95. The van der Waals surface area contributed by atoms with Gasteiger partial charge in [-0.15, -0.1) is 0 Å². The maximum absolute atomic E-state index is 12.3. The molecule has 1 amide bonds. The van der Waals surface area contributed by atoms with Gasteiger partial charge in [-0.2, -0.15) is 0 Å². The van der Waals surface area contributed by atoms with Gasteiger partial charge in [0.2, 0.25) is 5.91 Å². The first-order chi connectivity index (χ1) is 12.3. The third-order valence-electron chi connectivity index (χ3n) is 4.65.